The van der Waals surface area contributed by atoms with E-state index in [0.717, 1.165) is 17.8 Å². The first-order chi connectivity index (χ1) is 14.6. The van der Waals surface area contributed by atoms with Crippen LogP contribution in [0, 0.1) is 18.8 Å². The van der Waals surface area contributed by atoms with Crippen molar-refractivity contribution in [1.82, 2.24) is 4.31 Å². The van der Waals surface area contributed by atoms with Crippen molar-refractivity contribution in [2.45, 2.75) is 39.0 Å². The summed E-state index contributed by atoms with van der Waals surface area (Å²) >= 11 is 1.13. The molecular formula is C22H28N2O5S2. The summed E-state index contributed by atoms with van der Waals surface area (Å²) in [5.41, 5.74) is 0.950. The van der Waals surface area contributed by atoms with Crippen molar-refractivity contribution in [2.24, 2.45) is 11.8 Å². The van der Waals surface area contributed by atoms with Crippen molar-refractivity contribution in [3.8, 4) is 0 Å². The monoisotopic (exact) mass is 464 g/mol. The Hall–Kier alpha value is -2.23. The van der Waals surface area contributed by atoms with E-state index in [2.05, 4.69) is 19.2 Å². The van der Waals surface area contributed by atoms with Gasteiger partial charge < -0.3 is 10.1 Å². The first-order valence-electron chi connectivity index (χ1n) is 10.3. The number of anilines is 1. The van der Waals surface area contributed by atoms with Crippen molar-refractivity contribution < 1.29 is 22.7 Å². The van der Waals surface area contributed by atoms with Crippen molar-refractivity contribution in [3.05, 3.63) is 46.3 Å². The molecule has 0 saturated carbocycles. The van der Waals surface area contributed by atoms with Gasteiger partial charge in [-0.1, -0.05) is 19.9 Å². The molecule has 168 valence electrons. The second-order valence-corrected chi connectivity index (χ2v) is 11.1. The molecule has 2 atom stereocenters. The van der Waals surface area contributed by atoms with Gasteiger partial charge in [-0.2, -0.15) is 4.31 Å². The highest BCUT2D eigenvalue weighted by Crippen LogP contribution is 2.29. The summed E-state index contributed by atoms with van der Waals surface area (Å²) in [6.45, 7) is 8.84. The molecule has 2 heterocycles. The molecule has 7 nitrogen and oxygen atoms in total. The van der Waals surface area contributed by atoms with Crippen LogP contribution in [0.25, 0.3) is 0 Å². The lowest BCUT2D eigenvalue weighted by Gasteiger charge is -2.34. The van der Waals surface area contributed by atoms with Crippen molar-refractivity contribution in [3.63, 3.8) is 0 Å². The van der Waals surface area contributed by atoms with E-state index in [1.54, 1.807) is 32.0 Å². The number of carbonyl (C=O) groups is 2. The molecule has 0 spiro atoms. The number of ether oxygens (including phenoxy) is 1. The zero-order chi connectivity index (χ0) is 22.8. The van der Waals surface area contributed by atoms with Crippen LogP contribution in [0.2, 0.25) is 0 Å². The minimum absolute atomic E-state index is 0.107. The number of thiophene rings is 1. The first kappa shape index (κ1) is 23.4. The van der Waals surface area contributed by atoms with Crippen LogP contribution in [0.5, 0.6) is 0 Å². The second kappa shape index (κ2) is 9.50. The number of amides is 1. The third kappa shape index (κ3) is 5.34. The van der Waals surface area contributed by atoms with E-state index in [-0.39, 0.29) is 17.1 Å². The fourth-order valence-corrected chi connectivity index (χ4v) is 6.56. The number of esters is 1. The summed E-state index contributed by atoms with van der Waals surface area (Å²) in [7, 11) is -3.68. The maximum atomic E-state index is 13.1. The molecular weight excluding hydrogens is 436 g/mol. The van der Waals surface area contributed by atoms with E-state index in [1.165, 1.54) is 16.4 Å². The zero-order valence-corrected chi connectivity index (χ0v) is 19.8. The Balaban J connectivity index is 1.79. The highest BCUT2D eigenvalue weighted by molar-refractivity contribution is 7.89. The molecule has 1 aromatic carbocycles. The van der Waals surface area contributed by atoms with Gasteiger partial charge in [-0.3, -0.25) is 4.79 Å². The van der Waals surface area contributed by atoms with Crippen LogP contribution in [-0.2, 0) is 14.8 Å². The van der Waals surface area contributed by atoms with E-state index < -0.39 is 21.9 Å². The molecule has 1 saturated heterocycles. The minimum atomic E-state index is -3.68. The summed E-state index contributed by atoms with van der Waals surface area (Å²) in [6.07, 6.45) is 1.00. The molecule has 3 rings (SSSR count). The van der Waals surface area contributed by atoms with Crippen molar-refractivity contribution in [2.75, 3.05) is 25.0 Å². The topological polar surface area (TPSA) is 92.8 Å². The number of hydrogen-bond acceptors (Lipinski definition) is 6. The smallest absolute Gasteiger partial charge is 0.348 e. The van der Waals surface area contributed by atoms with E-state index in [4.69, 9.17) is 4.74 Å². The predicted molar refractivity (Wildman–Crippen MR) is 121 cm³/mol. The lowest BCUT2D eigenvalue weighted by molar-refractivity contribution is 0.0531. The molecule has 1 fully saturated rings. The molecule has 0 aliphatic carbocycles. The van der Waals surface area contributed by atoms with Crippen LogP contribution in [0.3, 0.4) is 0 Å². The molecule has 1 aromatic heterocycles. The highest BCUT2D eigenvalue weighted by Gasteiger charge is 2.32. The van der Waals surface area contributed by atoms with Gasteiger partial charge in [-0.25, -0.2) is 13.2 Å². The van der Waals surface area contributed by atoms with Gasteiger partial charge in [0.15, 0.2) is 0 Å². The summed E-state index contributed by atoms with van der Waals surface area (Å²) < 4.78 is 32.8. The molecule has 0 bridgehead atoms. The fourth-order valence-electron chi connectivity index (χ4n) is 3.88. The predicted octanol–water partition coefficient (Wildman–Crippen LogP) is 4.15. The minimum Gasteiger partial charge on any atom is -0.462 e. The lowest BCUT2D eigenvalue weighted by atomic mass is 9.94. The van der Waals surface area contributed by atoms with E-state index in [0.29, 0.717) is 40.4 Å². The zero-order valence-electron chi connectivity index (χ0n) is 18.2. The molecule has 2 aromatic rings. The Morgan fingerprint density at radius 3 is 2.52 bits per heavy atom. The quantitative estimate of drug-likeness (QED) is 0.648. The number of nitrogens with one attached hydrogen (secondary N) is 1. The number of aryl methyl sites for hydroxylation is 1. The van der Waals surface area contributed by atoms with Gasteiger partial charge >= 0.3 is 5.97 Å². The van der Waals surface area contributed by atoms with Gasteiger partial charge in [0.05, 0.1) is 16.5 Å². The highest BCUT2D eigenvalue weighted by atomic mass is 32.2. The first-order valence-corrected chi connectivity index (χ1v) is 12.6. The third-order valence-corrected chi connectivity index (χ3v) is 8.14. The summed E-state index contributed by atoms with van der Waals surface area (Å²) in [6, 6.07) is 7.77. The molecule has 0 unspecified atom stereocenters. The van der Waals surface area contributed by atoms with E-state index >= 15 is 0 Å². The Kier molecular flexibility index (Phi) is 7.18. The second-order valence-electron chi connectivity index (χ2n) is 8.09. The Bertz CT molecular complexity index is 1070. The van der Waals surface area contributed by atoms with Crippen molar-refractivity contribution in [1.29, 1.82) is 0 Å². The Morgan fingerprint density at radius 2 is 1.87 bits per heavy atom. The number of nitrogens with zero attached hydrogens (tertiary/aromatic N) is 1. The van der Waals surface area contributed by atoms with Gasteiger partial charge in [-0.05, 0) is 61.9 Å². The lowest BCUT2D eigenvalue weighted by Crippen LogP contribution is -2.42. The van der Waals surface area contributed by atoms with E-state index in [9.17, 15) is 18.0 Å². The summed E-state index contributed by atoms with van der Waals surface area (Å²) in [4.78, 5) is 25.3. The molecule has 9 heteroatoms. The number of rotatable bonds is 6. The standard InChI is InChI=1S/C22H28N2O5S2/c1-5-29-22(26)20-16(4)10-19(30-20)23-21(25)17-7-6-8-18(11-17)31(27,28)24-12-14(2)9-15(3)13-24/h6-8,10-11,14-15H,5,9,12-13H2,1-4H3,(H,23,25)/t14-,15+. The van der Waals surface area contributed by atoms with Gasteiger partial charge in [0.25, 0.3) is 5.91 Å². The molecule has 1 amide bonds. The number of carbonyl (C=O) groups excluding carboxylic acids is 2. The number of piperidine rings is 1. The van der Waals surface area contributed by atoms with Crippen LogP contribution in [0.4, 0.5) is 5.00 Å². The molecule has 0 radical (unpaired) electrons. The SMILES string of the molecule is CCOC(=O)c1sc(NC(=O)c2cccc(S(=O)(=O)N3C[C@H](C)C[C@H](C)C3)c2)cc1C. The van der Waals surface area contributed by atoms with Gasteiger partial charge in [-0.15, -0.1) is 11.3 Å². The van der Waals surface area contributed by atoms with Crippen LogP contribution in [0.1, 0.15) is 52.8 Å². The van der Waals surface area contributed by atoms with E-state index in [1.807, 2.05) is 0 Å². The van der Waals surface area contributed by atoms with Crippen LogP contribution in [0.15, 0.2) is 35.2 Å². The summed E-state index contributed by atoms with van der Waals surface area (Å²) in [5, 5.41) is 3.25. The Labute approximate surface area is 187 Å². The molecule has 1 N–H and O–H groups in total. The van der Waals surface area contributed by atoms with Crippen LogP contribution in [-0.4, -0.2) is 44.3 Å². The van der Waals surface area contributed by atoms with Gasteiger partial charge in [0, 0.05) is 18.7 Å². The van der Waals surface area contributed by atoms with Gasteiger partial charge in [0.1, 0.15) is 4.88 Å². The molecule has 1 aliphatic rings. The Morgan fingerprint density at radius 1 is 1.19 bits per heavy atom. The van der Waals surface area contributed by atoms with Crippen molar-refractivity contribution >= 4 is 38.2 Å². The normalized spacial score (nSPS) is 19.7. The maximum absolute atomic E-state index is 13.1. The maximum Gasteiger partial charge on any atom is 0.348 e. The number of hydrogen-bond donors (Lipinski definition) is 1. The number of benzene rings is 1. The molecule has 1 aliphatic heterocycles. The summed E-state index contributed by atoms with van der Waals surface area (Å²) in [5.74, 6) is -0.279. The molecule has 31 heavy (non-hydrogen) atoms. The van der Waals surface area contributed by atoms with Gasteiger partial charge in [0.2, 0.25) is 10.0 Å². The van der Waals surface area contributed by atoms with Crippen LogP contribution >= 0.6 is 11.3 Å². The largest absolute Gasteiger partial charge is 0.462 e. The average Bonchev–Trinajstić information content (AvgIpc) is 3.07. The average molecular weight is 465 g/mol. The number of sulfonamides is 1. The fraction of sp³-hybridized carbons (Fsp3) is 0.455. The van der Waals surface area contributed by atoms with Crippen LogP contribution < -0.4 is 5.32 Å². The third-order valence-electron chi connectivity index (χ3n) is 5.18.